The van der Waals surface area contributed by atoms with Gasteiger partial charge in [-0.05, 0) is 33.2 Å². The Labute approximate surface area is 91.6 Å². The number of nitrogens with zero attached hydrogens (tertiary/aromatic N) is 1. The topological polar surface area (TPSA) is 52.6 Å². The van der Waals surface area contributed by atoms with E-state index in [9.17, 15) is 4.79 Å². The number of hydrogen-bond donors (Lipinski definition) is 2. The highest BCUT2D eigenvalue weighted by molar-refractivity contribution is 5.84. The van der Waals surface area contributed by atoms with Crippen LogP contribution in [0.5, 0.6) is 0 Å². The van der Waals surface area contributed by atoms with Crippen LogP contribution in [0.1, 0.15) is 33.1 Å². The third-order valence-corrected chi connectivity index (χ3v) is 3.62. The molecule has 0 saturated carbocycles. The Bertz CT molecular complexity index is 233. The number of aliphatic hydroxyl groups is 1. The number of amides is 1. The average Bonchev–Trinajstić information content (AvgIpc) is 2.60. The van der Waals surface area contributed by atoms with Crippen LogP contribution < -0.4 is 5.32 Å². The van der Waals surface area contributed by atoms with E-state index in [4.69, 9.17) is 5.11 Å². The van der Waals surface area contributed by atoms with Crippen LogP contribution in [-0.4, -0.2) is 47.7 Å². The lowest BCUT2D eigenvalue weighted by atomic mass is 9.93. The minimum atomic E-state index is -0.183. The molecule has 1 rings (SSSR count). The molecule has 2 unspecified atom stereocenters. The Kier molecular flexibility index (Phi) is 4.11. The summed E-state index contributed by atoms with van der Waals surface area (Å²) in [4.78, 5) is 13.9. The van der Waals surface area contributed by atoms with Gasteiger partial charge >= 0.3 is 0 Å². The number of carbonyl (C=O) groups is 1. The van der Waals surface area contributed by atoms with Gasteiger partial charge in [0.25, 0.3) is 0 Å². The summed E-state index contributed by atoms with van der Waals surface area (Å²) in [5, 5.41) is 12.1. The van der Waals surface area contributed by atoms with E-state index in [1.807, 2.05) is 11.9 Å². The zero-order chi connectivity index (χ0) is 11.5. The molecule has 0 aromatic heterocycles. The normalized spacial score (nSPS) is 25.7. The Morgan fingerprint density at radius 3 is 2.73 bits per heavy atom. The van der Waals surface area contributed by atoms with E-state index in [0.717, 1.165) is 19.4 Å². The molecule has 1 heterocycles. The quantitative estimate of drug-likeness (QED) is 0.694. The molecular formula is C11H22N2O2. The molecule has 0 radical (unpaired) electrons. The first-order chi connectivity index (χ1) is 7.09. The van der Waals surface area contributed by atoms with Crippen molar-refractivity contribution in [2.45, 2.75) is 44.7 Å². The van der Waals surface area contributed by atoms with Gasteiger partial charge in [-0.2, -0.15) is 0 Å². The third-order valence-electron chi connectivity index (χ3n) is 3.62. The second kappa shape index (κ2) is 4.94. The van der Waals surface area contributed by atoms with Crippen molar-refractivity contribution in [3.05, 3.63) is 0 Å². The van der Waals surface area contributed by atoms with Crippen LogP contribution in [-0.2, 0) is 4.79 Å². The van der Waals surface area contributed by atoms with Crippen LogP contribution in [0.2, 0.25) is 0 Å². The first kappa shape index (κ1) is 12.5. The Hall–Kier alpha value is -0.610. The molecule has 0 bridgehead atoms. The lowest BCUT2D eigenvalue weighted by Crippen LogP contribution is -2.50. The third kappa shape index (κ3) is 2.32. The first-order valence-electron chi connectivity index (χ1n) is 5.68. The molecule has 2 N–H and O–H groups in total. The molecule has 1 saturated heterocycles. The summed E-state index contributed by atoms with van der Waals surface area (Å²) in [6.45, 7) is 5.06. The van der Waals surface area contributed by atoms with Gasteiger partial charge in [0.1, 0.15) is 0 Å². The van der Waals surface area contributed by atoms with E-state index in [1.54, 1.807) is 0 Å². The maximum absolute atomic E-state index is 12.0. The van der Waals surface area contributed by atoms with E-state index in [2.05, 4.69) is 19.2 Å². The van der Waals surface area contributed by atoms with Crippen molar-refractivity contribution in [3.8, 4) is 0 Å². The lowest BCUT2D eigenvalue weighted by Gasteiger charge is -2.38. The number of hydrogen-bond acceptors (Lipinski definition) is 3. The zero-order valence-electron chi connectivity index (χ0n) is 9.92. The smallest absolute Gasteiger partial charge is 0.240 e. The molecule has 0 spiro atoms. The molecule has 15 heavy (non-hydrogen) atoms. The van der Waals surface area contributed by atoms with Crippen LogP contribution in [0.4, 0.5) is 0 Å². The van der Waals surface area contributed by atoms with Gasteiger partial charge in [0, 0.05) is 18.7 Å². The number of nitrogens with one attached hydrogen (secondary N) is 1. The van der Waals surface area contributed by atoms with E-state index >= 15 is 0 Å². The number of rotatable bonds is 5. The summed E-state index contributed by atoms with van der Waals surface area (Å²) in [7, 11) is 1.82. The molecule has 88 valence electrons. The minimum absolute atomic E-state index is 0.0328. The van der Waals surface area contributed by atoms with Crippen LogP contribution in [0.15, 0.2) is 0 Å². The van der Waals surface area contributed by atoms with Gasteiger partial charge in [-0.1, -0.05) is 6.92 Å². The van der Waals surface area contributed by atoms with Gasteiger partial charge in [-0.3, -0.25) is 4.79 Å². The van der Waals surface area contributed by atoms with Crippen LogP contribution in [0, 0.1) is 0 Å². The lowest BCUT2D eigenvalue weighted by molar-refractivity contribution is -0.135. The molecule has 1 amide bonds. The molecule has 1 aliphatic heterocycles. The van der Waals surface area contributed by atoms with Crippen molar-refractivity contribution < 1.29 is 9.90 Å². The Balaban J connectivity index is 2.74. The minimum Gasteiger partial charge on any atom is -0.396 e. The number of aliphatic hydroxyl groups excluding tert-OH is 1. The Morgan fingerprint density at radius 1 is 1.67 bits per heavy atom. The molecule has 4 heteroatoms. The maximum atomic E-state index is 12.0. The Morgan fingerprint density at radius 2 is 2.33 bits per heavy atom. The van der Waals surface area contributed by atoms with Crippen LogP contribution in [0.3, 0.4) is 0 Å². The van der Waals surface area contributed by atoms with Gasteiger partial charge in [-0.15, -0.1) is 0 Å². The summed E-state index contributed by atoms with van der Waals surface area (Å²) in [5.74, 6) is 0.176. The molecule has 0 aliphatic carbocycles. The predicted octanol–water partition coefficient (Wildman–Crippen LogP) is 0.358. The van der Waals surface area contributed by atoms with Gasteiger partial charge in [0.15, 0.2) is 0 Å². The van der Waals surface area contributed by atoms with Crippen molar-refractivity contribution >= 4 is 5.91 Å². The fourth-order valence-electron chi connectivity index (χ4n) is 2.23. The number of likely N-dealkylation sites (tertiary alicyclic amines) is 1. The molecule has 0 aromatic rings. The first-order valence-corrected chi connectivity index (χ1v) is 5.68. The van der Waals surface area contributed by atoms with Crippen LogP contribution in [0.25, 0.3) is 0 Å². The van der Waals surface area contributed by atoms with E-state index in [0.29, 0.717) is 6.42 Å². The van der Waals surface area contributed by atoms with Gasteiger partial charge < -0.3 is 15.3 Å². The van der Waals surface area contributed by atoms with Crippen molar-refractivity contribution in [1.82, 2.24) is 10.2 Å². The van der Waals surface area contributed by atoms with Gasteiger partial charge in [0.2, 0.25) is 5.91 Å². The summed E-state index contributed by atoms with van der Waals surface area (Å²) >= 11 is 0. The van der Waals surface area contributed by atoms with Crippen molar-refractivity contribution in [1.29, 1.82) is 0 Å². The van der Waals surface area contributed by atoms with Crippen LogP contribution >= 0.6 is 0 Å². The summed E-state index contributed by atoms with van der Waals surface area (Å²) in [6, 6.07) is -0.0328. The summed E-state index contributed by atoms with van der Waals surface area (Å²) in [5.41, 5.74) is -0.183. The van der Waals surface area contributed by atoms with E-state index in [1.165, 1.54) is 0 Å². The maximum Gasteiger partial charge on any atom is 0.240 e. The second-order valence-corrected chi connectivity index (χ2v) is 4.44. The molecular weight excluding hydrogens is 192 g/mol. The highest BCUT2D eigenvalue weighted by Crippen LogP contribution is 2.28. The monoisotopic (exact) mass is 214 g/mol. The van der Waals surface area contributed by atoms with Gasteiger partial charge in [-0.25, -0.2) is 0 Å². The molecule has 1 fully saturated rings. The molecule has 4 nitrogen and oxygen atoms in total. The number of likely N-dealkylation sites (N-methyl/N-ethyl adjacent to an activating group) is 1. The SMILES string of the molecule is CCC(C)(CCO)N1CCC(NC)C1=O. The molecule has 1 aliphatic rings. The fraction of sp³-hybridized carbons (Fsp3) is 0.909. The number of carbonyl (C=O) groups excluding carboxylic acids is 1. The molecule has 0 aromatic carbocycles. The zero-order valence-corrected chi connectivity index (χ0v) is 9.92. The van der Waals surface area contributed by atoms with E-state index in [-0.39, 0.29) is 24.1 Å². The van der Waals surface area contributed by atoms with E-state index < -0.39 is 0 Å². The van der Waals surface area contributed by atoms with Crippen molar-refractivity contribution in [2.75, 3.05) is 20.2 Å². The van der Waals surface area contributed by atoms with Crippen molar-refractivity contribution in [3.63, 3.8) is 0 Å². The standard InChI is InChI=1S/C11H22N2O2/c1-4-11(2,6-8-14)13-7-5-9(12-3)10(13)15/h9,12,14H,4-8H2,1-3H3. The highest BCUT2D eigenvalue weighted by atomic mass is 16.3. The van der Waals surface area contributed by atoms with Gasteiger partial charge in [0.05, 0.1) is 6.04 Å². The second-order valence-electron chi connectivity index (χ2n) is 4.44. The molecule has 2 atom stereocenters. The largest absolute Gasteiger partial charge is 0.396 e. The van der Waals surface area contributed by atoms with Crippen molar-refractivity contribution in [2.24, 2.45) is 0 Å². The predicted molar refractivity (Wildman–Crippen MR) is 59.6 cm³/mol. The summed E-state index contributed by atoms with van der Waals surface area (Å²) < 4.78 is 0. The highest BCUT2D eigenvalue weighted by Gasteiger charge is 2.40. The fourth-order valence-corrected chi connectivity index (χ4v) is 2.23. The average molecular weight is 214 g/mol. The summed E-state index contributed by atoms with van der Waals surface area (Å²) in [6.07, 6.45) is 2.41.